The minimum Gasteiger partial charge on any atom is -0.392 e. The summed E-state index contributed by atoms with van der Waals surface area (Å²) in [4.78, 5) is 0. The van der Waals surface area contributed by atoms with Crippen molar-refractivity contribution in [3.8, 4) is 0 Å². The Morgan fingerprint density at radius 3 is 2.36 bits per heavy atom. The van der Waals surface area contributed by atoms with Gasteiger partial charge in [-0.1, -0.05) is 20.8 Å². The van der Waals surface area contributed by atoms with Crippen LogP contribution < -0.4 is 5.32 Å². The quantitative estimate of drug-likeness (QED) is 0.581. The van der Waals surface area contributed by atoms with E-state index in [9.17, 15) is 10.2 Å². The number of aliphatic hydroxyl groups is 2. The molecule has 0 rings (SSSR count). The Kier molecular flexibility index (Phi) is 6.33. The summed E-state index contributed by atoms with van der Waals surface area (Å²) in [6.07, 6.45) is 1.23. The van der Waals surface area contributed by atoms with E-state index in [1.165, 1.54) is 0 Å². The number of aliphatic hydroxyl groups excluding tert-OH is 1. The third-order valence-electron chi connectivity index (χ3n) is 2.39. The van der Waals surface area contributed by atoms with Crippen molar-refractivity contribution in [3.05, 3.63) is 0 Å². The average molecular weight is 203 g/mol. The van der Waals surface area contributed by atoms with Gasteiger partial charge in [0.15, 0.2) is 0 Å². The first-order valence-electron chi connectivity index (χ1n) is 5.48. The van der Waals surface area contributed by atoms with Crippen LogP contribution in [0.15, 0.2) is 0 Å². The SMILES string of the molecule is CCC(C)(O)CNCC(O)CC(C)C. The van der Waals surface area contributed by atoms with E-state index >= 15 is 0 Å². The number of hydrogen-bond donors (Lipinski definition) is 3. The van der Waals surface area contributed by atoms with Gasteiger partial charge in [0.1, 0.15) is 0 Å². The molecule has 0 saturated carbocycles. The second-order valence-electron chi connectivity index (χ2n) is 4.76. The Balaban J connectivity index is 3.53. The molecule has 0 aromatic heterocycles. The minimum atomic E-state index is -0.655. The van der Waals surface area contributed by atoms with E-state index in [0.717, 1.165) is 12.8 Å². The second kappa shape index (κ2) is 6.38. The van der Waals surface area contributed by atoms with Gasteiger partial charge in [-0.2, -0.15) is 0 Å². The molecule has 0 aliphatic carbocycles. The van der Waals surface area contributed by atoms with Crippen molar-refractivity contribution in [1.29, 1.82) is 0 Å². The van der Waals surface area contributed by atoms with Crippen LogP contribution >= 0.6 is 0 Å². The van der Waals surface area contributed by atoms with Crippen LogP contribution in [-0.4, -0.2) is 35.0 Å². The van der Waals surface area contributed by atoms with Crippen molar-refractivity contribution in [2.75, 3.05) is 13.1 Å². The number of rotatable bonds is 7. The number of hydrogen-bond acceptors (Lipinski definition) is 3. The van der Waals surface area contributed by atoms with Gasteiger partial charge in [0, 0.05) is 13.1 Å². The molecule has 3 nitrogen and oxygen atoms in total. The molecule has 2 unspecified atom stereocenters. The van der Waals surface area contributed by atoms with Crippen LogP contribution in [0.25, 0.3) is 0 Å². The fraction of sp³-hybridized carbons (Fsp3) is 1.00. The second-order valence-corrected chi connectivity index (χ2v) is 4.76. The molecule has 0 radical (unpaired) electrons. The van der Waals surface area contributed by atoms with Gasteiger partial charge in [0.05, 0.1) is 11.7 Å². The highest BCUT2D eigenvalue weighted by molar-refractivity contribution is 4.74. The highest BCUT2D eigenvalue weighted by Gasteiger charge is 2.17. The topological polar surface area (TPSA) is 52.5 Å². The van der Waals surface area contributed by atoms with Crippen LogP contribution in [0.5, 0.6) is 0 Å². The zero-order valence-electron chi connectivity index (χ0n) is 9.88. The zero-order chi connectivity index (χ0) is 11.2. The molecule has 0 aromatic carbocycles. The van der Waals surface area contributed by atoms with Gasteiger partial charge in [-0.05, 0) is 25.7 Å². The maximum Gasteiger partial charge on any atom is 0.0741 e. The summed E-state index contributed by atoms with van der Waals surface area (Å²) in [6.45, 7) is 9.03. The van der Waals surface area contributed by atoms with E-state index in [1.54, 1.807) is 6.92 Å². The van der Waals surface area contributed by atoms with Gasteiger partial charge in [-0.3, -0.25) is 0 Å². The first-order valence-corrected chi connectivity index (χ1v) is 5.48. The van der Waals surface area contributed by atoms with Crippen molar-refractivity contribution < 1.29 is 10.2 Å². The monoisotopic (exact) mass is 203 g/mol. The molecule has 0 aliphatic rings. The molecule has 0 amide bonds. The number of nitrogens with one attached hydrogen (secondary N) is 1. The largest absolute Gasteiger partial charge is 0.392 e. The molecule has 0 aromatic rings. The van der Waals surface area contributed by atoms with Gasteiger partial charge in [0.2, 0.25) is 0 Å². The summed E-state index contributed by atoms with van der Waals surface area (Å²) in [7, 11) is 0. The van der Waals surface area contributed by atoms with Crippen LogP contribution in [-0.2, 0) is 0 Å². The van der Waals surface area contributed by atoms with E-state index in [2.05, 4.69) is 19.2 Å². The van der Waals surface area contributed by atoms with Gasteiger partial charge in [0.25, 0.3) is 0 Å². The fourth-order valence-corrected chi connectivity index (χ4v) is 1.26. The van der Waals surface area contributed by atoms with Gasteiger partial charge >= 0.3 is 0 Å². The zero-order valence-corrected chi connectivity index (χ0v) is 9.88. The van der Waals surface area contributed by atoms with Gasteiger partial charge in [-0.25, -0.2) is 0 Å². The Hall–Kier alpha value is -0.120. The Labute approximate surface area is 87.5 Å². The molecule has 3 heteroatoms. The highest BCUT2D eigenvalue weighted by atomic mass is 16.3. The van der Waals surface area contributed by atoms with Crippen molar-refractivity contribution in [1.82, 2.24) is 5.32 Å². The lowest BCUT2D eigenvalue weighted by Gasteiger charge is -2.23. The van der Waals surface area contributed by atoms with Crippen molar-refractivity contribution >= 4 is 0 Å². The maximum absolute atomic E-state index is 9.67. The molecule has 86 valence electrons. The summed E-state index contributed by atoms with van der Waals surface area (Å²) in [5.74, 6) is 0.512. The van der Waals surface area contributed by atoms with Crippen molar-refractivity contribution in [2.24, 2.45) is 5.92 Å². The Morgan fingerprint density at radius 1 is 1.36 bits per heavy atom. The van der Waals surface area contributed by atoms with E-state index < -0.39 is 5.60 Å². The molecule has 2 atom stereocenters. The lowest BCUT2D eigenvalue weighted by molar-refractivity contribution is 0.0505. The molecule has 0 aliphatic heterocycles. The molecule has 3 N–H and O–H groups in total. The van der Waals surface area contributed by atoms with E-state index in [0.29, 0.717) is 19.0 Å². The van der Waals surface area contributed by atoms with Crippen LogP contribution in [0.3, 0.4) is 0 Å². The molecule has 0 fully saturated rings. The van der Waals surface area contributed by atoms with Crippen LogP contribution in [0.4, 0.5) is 0 Å². The van der Waals surface area contributed by atoms with E-state index in [1.807, 2.05) is 6.92 Å². The lowest BCUT2D eigenvalue weighted by Crippen LogP contribution is -2.40. The summed E-state index contributed by atoms with van der Waals surface area (Å²) in [6, 6.07) is 0. The normalized spacial score (nSPS) is 18.2. The minimum absolute atomic E-state index is 0.303. The first kappa shape index (κ1) is 13.9. The highest BCUT2D eigenvalue weighted by Crippen LogP contribution is 2.07. The van der Waals surface area contributed by atoms with E-state index in [-0.39, 0.29) is 6.10 Å². The molecule has 0 bridgehead atoms. The van der Waals surface area contributed by atoms with Crippen molar-refractivity contribution in [2.45, 2.75) is 52.2 Å². The third-order valence-corrected chi connectivity index (χ3v) is 2.39. The van der Waals surface area contributed by atoms with Crippen LogP contribution in [0.1, 0.15) is 40.5 Å². The van der Waals surface area contributed by atoms with Crippen molar-refractivity contribution in [3.63, 3.8) is 0 Å². The van der Waals surface area contributed by atoms with Gasteiger partial charge in [-0.15, -0.1) is 0 Å². The third kappa shape index (κ3) is 7.30. The molecule has 0 saturated heterocycles. The predicted molar refractivity (Wildman–Crippen MR) is 59.2 cm³/mol. The smallest absolute Gasteiger partial charge is 0.0741 e. The first-order chi connectivity index (χ1) is 6.37. The summed E-state index contributed by atoms with van der Waals surface area (Å²) in [5.41, 5.74) is -0.655. The van der Waals surface area contributed by atoms with Gasteiger partial charge < -0.3 is 15.5 Å². The van der Waals surface area contributed by atoms with Crippen LogP contribution in [0, 0.1) is 5.92 Å². The molecular weight excluding hydrogens is 178 g/mol. The Morgan fingerprint density at radius 2 is 1.93 bits per heavy atom. The summed E-state index contributed by atoms with van der Waals surface area (Å²) >= 11 is 0. The molecular formula is C11H25NO2. The Bertz CT molecular complexity index is 146. The summed E-state index contributed by atoms with van der Waals surface area (Å²) < 4.78 is 0. The molecule has 0 spiro atoms. The molecule has 0 heterocycles. The molecule has 14 heavy (non-hydrogen) atoms. The standard InChI is InChI=1S/C11H25NO2/c1-5-11(4,14)8-12-7-10(13)6-9(2)3/h9-10,12-14H,5-8H2,1-4H3. The summed E-state index contributed by atoms with van der Waals surface area (Å²) in [5, 5.41) is 22.3. The predicted octanol–water partition coefficient (Wildman–Crippen LogP) is 1.14. The van der Waals surface area contributed by atoms with E-state index in [4.69, 9.17) is 0 Å². The fourth-order valence-electron chi connectivity index (χ4n) is 1.26. The maximum atomic E-state index is 9.67. The average Bonchev–Trinajstić information content (AvgIpc) is 2.02. The van der Waals surface area contributed by atoms with Crippen LogP contribution in [0.2, 0.25) is 0 Å². The lowest BCUT2D eigenvalue weighted by atomic mass is 10.0.